The number of nitrogens with one attached hydrogen (secondary N) is 1. The van der Waals surface area contributed by atoms with Crippen molar-refractivity contribution < 1.29 is 14.5 Å². The number of allylic oxidation sites excluding steroid dienone is 1. The van der Waals surface area contributed by atoms with Crippen LogP contribution in [0.3, 0.4) is 0 Å². The fourth-order valence-electron chi connectivity index (χ4n) is 2.12. The van der Waals surface area contributed by atoms with E-state index in [1.54, 1.807) is 13.0 Å². The van der Waals surface area contributed by atoms with Crippen LogP contribution < -0.4 is 10.2 Å². The zero-order valence-electron chi connectivity index (χ0n) is 14.5. The van der Waals surface area contributed by atoms with Gasteiger partial charge in [-0.15, -0.1) is 0 Å². The lowest BCUT2D eigenvalue weighted by Crippen LogP contribution is -2.24. The molecule has 0 heterocycles. The summed E-state index contributed by atoms with van der Waals surface area (Å²) < 4.78 is 5.23. The third-order valence-electron chi connectivity index (χ3n) is 3.32. The third kappa shape index (κ3) is 5.86. The van der Waals surface area contributed by atoms with Gasteiger partial charge in [-0.05, 0) is 36.6 Å². The Kier molecular flexibility index (Phi) is 6.61. The quantitative estimate of drug-likeness (QED) is 0.468. The number of rotatable bonds is 7. The van der Waals surface area contributed by atoms with Crippen molar-refractivity contribution in [1.82, 2.24) is 5.43 Å². The molecule has 0 aromatic heterocycles. The number of aryl methyl sites for hydroxylation is 1. The van der Waals surface area contributed by atoms with Crippen molar-refractivity contribution in [2.24, 2.45) is 5.10 Å². The van der Waals surface area contributed by atoms with Crippen LogP contribution in [-0.2, 0) is 4.79 Å². The van der Waals surface area contributed by atoms with Crippen LogP contribution in [-0.4, -0.2) is 23.7 Å². The van der Waals surface area contributed by atoms with E-state index in [2.05, 4.69) is 10.5 Å². The highest BCUT2D eigenvalue weighted by Gasteiger charge is 2.16. The highest BCUT2D eigenvalue weighted by Crippen LogP contribution is 2.27. The molecule has 0 bridgehead atoms. The van der Waals surface area contributed by atoms with Gasteiger partial charge in [0.1, 0.15) is 0 Å². The van der Waals surface area contributed by atoms with E-state index in [9.17, 15) is 14.9 Å². The lowest BCUT2D eigenvalue weighted by atomic mass is 10.1. The van der Waals surface area contributed by atoms with Gasteiger partial charge in [0.25, 0.3) is 5.91 Å². The molecule has 2 aromatic carbocycles. The number of hydrazone groups is 1. The maximum absolute atomic E-state index is 11.8. The monoisotopic (exact) mass is 353 g/mol. The molecule has 7 heteroatoms. The number of hydrogen-bond donors (Lipinski definition) is 1. The molecular formula is C19H19N3O4. The van der Waals surface area contributed by atoms with E-state index in [0.717, 1.165) is 16.7 Å². The first-order valence-electron chi connectivity index (χ1n) is 7.89. The van der Waals surface area contributed by atoms with Crippen LogP contribution in [0.1, 0.15) is 18.1 Å². The predicted octanol–water partition coefficient (Wildman–Crippen LogP) is 3.49. The van der Waals surface area contributed by atoms with E-state index in [1.807, 2.05) is 43.3 Å². The fraction of sp³-hybridized carbons (Fsp3) is 0.158. The number of carbonyl (C=O) groups is 1. The van der Waals surface area contributed by atoms with Crippen molar-refractivity contribution in [1.29, 1.82) is 0 Å². The average Bonchev–Trinajstić information content (AvgIpc) is 2.61. The summed E-state index contributed by atoms with van der Waals surface area (Å²) in [5, 5.41) is 14.9. The molecule has 0 radical (unpaired) electrons. The predicted molar refractivity (Wildman–Crippen MR) is 100 cm³/mol. The zero-order valence-corrected chi connectivity index (χ0v) is 14.5. The van der Waals surface area contributed by atoms with E-state index in [-0.39, 0.29) is 18.0 Å². The van der Waals surface area contributed by atoms with Crippen LogP contribution in [0.15, 0.2) is 59.2 Å². The smallest absolute Gasteiger partial charge is 0.311 e. The molecule has 1 amide bonds. The van der Waals surface area contributed by atoms with Gasteiger partial charge in [-0.3, -0.25) is 14.9 Å². The summed E-state index contributed by atoms with van der Waals surface area (Å²) in [6.45, 7) is 3.22. The summed E-state index contributed by atoms with van der Waals surface area (Å²) in [6.07, 6.45) is 3.43. The van der Waals surface area contributed by atoms with Gasteiger partial charge in [0.15, 0.2) is 12.4 Å². The molecular weight excluding hydrogens is 334 g/mol. The molecule has 0 fully saturated rings. The standard InChI is InChI=1S/C19H19N3O4/c1-14-8-9-18(17(11-14)22(24)25)26-13-19(23)21-20-12-15(2)10-16-6-4-3-5-7-16/h3-12H,13H2,1-2H3,(H,21,23)/b15-10+,20-12-. The first-order chi connectivity index (χ1) is 12.5. The summed E-state index contributed by atoms with van der Waals surface area (Å²) in [6, 6.07) is 14.2. The van der Waals surface area contributed by atoms with Crippen molar-refractivity contribution in [3.63, 3.8) is 0 Å². The molecule has 2 rings (SSSR count). The minimum Gasteiger partial charge on any atom is -0.477 e. The molecule has 7 nitrogen and oxygen atoms in total. The van der Waals surface area contributed by atoms with E-state index in [1.165, 1.54) is 18.3 Å². The topological polar surface area (TPSA) is 93.8 Å². The number of nitro groups is 1. The molecule has 2 aromatic rings. The number of nitro benzene ring substituents is 1. The van der Waals surface area contributed by atoms with Crippen LogP contribution in [0.4, 0.5) is 5.69 Å². The molecule has 0 unspecified atom stereocenters. The number of ether oxygens (including phenoxy) is 1. The largest absolute Gasteiger partial charge is 0.477 e. The van der Waals surface area contributed by atoms with E-state index >= 15 is 0 Å². The van der Waals surface area contributed by atoms with Gasteiger partial charge in [-0.2, -0.15) is 5.10 Å². The highest BCUT2D eigenvalue weighted by atomic mass is 16.6. The minimum atomic E-state index is -0.546. The van der Waals surface area contributed by atoms with Gasteiger partial charge in [0.05, 0.1) is 11.1 Å². The maximum atomic E-state index is 11.8. The number of nitrogens with zero attached hydrogens (tertiary/aromatic N) is 2. The van der Waals surface area contributed by atoms with Crippen LogP contribution >= 0.6 is 0 Å². The molecule has 0 saturated carbocycles. The molecule has 0 saturated heterocycles. The molecule has 0 aliphatic rings. The van der Waals surface area contributed by atoms with Gasteiger partial charge in [0.2, 0.25) is 0 Å². The van der Waals surface area contributed by atoms with Crippen LogP contribution in [0.2, 0.25) is 0 Å². The number of hydrogen-bond acceptors (Lipinski definition) is 5. The van der Waals surface area contributed by atoms with E-state index < -0.39 is 10.8 Å². The number of carbonyl (C=O) groups excluding carboxylic acids is 1. The summed E-state index contributed by atoms with van der Waals surface area (Å²) in [4.78, 5) is 22.2. The van der Waals surface area contributed by atoms with Crippen molar-refractivity contribution in [2.75, 3.05) is 6.61 Å². The van der Waals surface area contributed by atoms with Crippen LogP contribution in [0.25, 0.3) is 6.08 Å². The first-order valence-corrected chi connectivity index (χ1v) is 7.89. The lowest BCUT2D eigenvalue weighted by Gasteiger charge is -2.06. The Bertz CT molecular complexity index is 845. The molecule has 26 heavy (non-hydrogen) atoms. The second-order valence-corrected chi connectivity index (χ2v) is 5.61. The molecule has 134 valence electrons. The summed E-state index contributed by atoms with van der Waals surface area (Å²) >= 11 is 0. The number of benzene rings is 2. The van der Waals surface area contributed by atoms with Crippen molar-refractivity contribution in [3.8, 4) is 5.75 Å². The Balaban J connectivity index is 1.88. The molecule has 0 atom stereocenters. The van der Waals surface area contributed by atoms with Gasteiger partial charge in [-0.25, -0.2) is 5.43 Å². The molecule has 0 spiro atoms. The van der Waals surface area contributed by atoms with Crippen LogP contribution in [0.5, 0.6) is 5.75 Å². The minimum absolute atomic E-state index is 0.0416. The second-order valence-electron chi connectivity index (χ2n) is 5.61. The Morgan fingerprint density at radius 3 is 2.69 bits per heavy atom. The fourth-order valence-corrected chi connectivity index (χ4v) is 2.12. The molecule has 0 aliphatic heterocycles. The second kappa shape index (κ2) is 9.12. The van der Waals surface area contributed by atoms with Crippen molar-refractivity contribution >= 4 is 23.9 Å². The van der Waals surface area contributed by atoms with E-state index in [4.69, 9.17) is 4.74 Å². The maximum Gasteiger partial charge on any atom is 0.311 e. The van der Waals surface area contributed by atoms with Crippen molar-refractivity contribution in [2.45, 2.75) is 13.8 Å². The lowest BCUT2D eigenvalue weighted by molar-refractivity contribution is -0.385. The van der Waals surface area contributed by atoms with Crippen LogP contribution in [0, 0.1) is 17.0 Å². The SMILES string of the molecule is CC(/C=N\NC(=O)COc1ccc(C)cc1[N+](=O)[O-])=C\c1ccccc1. The normalized spacial score (nSPS) is 11.4. The zero-order chi connectivity index (χ0) is 18.9. The summed E-state index contributed by atoms with van der Waals surface area (Å²) in [5.41, 5.74) is 4.76. The Labute approximate surface area is 151 Å². The average molecular weight is 353 g/mol. The van der Waals surface area contributed by atoms with E-state index in [0.29, 0.717) is 0 Å². The van der Waals surface area contributed by atoms with Gasteiger partial charge in [0, 0.05) is 6.07 Å². The van der Waals surface area contributed by atoms with Gasteiger partial charge >= 0.3 is 5.69 Å². The summed E-state index contributed by atoms with van der Waals surface area (Å²) in [5.74, 6) is -0.469. The Hall–Kier alpha value is -3.48. The number of amides is 1. The summed E-state index contributed by atoms with van der Waals surface area (Å²) in [7, 11) is 0. The Morgan fingerprint density at radius 2 is 2.00 bits per heavy atom. The third-order valence-corrected chi connectivity index (χ3v) is 3.32. The molecule has 0 aliphatic carbocycles. The Morgan fingerprint density at radius 1 is 1.27 bits per heavy atom. The highest BCUT2D eigenvalue weighted by molar-refractivity contribution is 5.86. The first kappa shape index (κ1) is 18.9. The van der Waals surface area contributed by atoms with Gasteiger partial charge in [-0.1, -0.05) is 42.5 Å². The van der Waals surface area contributed by atoms with Gasteiger partial charge < -0.3 is 4.74 Å². The van der Waals surface area contributed by atoms with Crippen molar-refractivity contribution in [3.05, 3.63) is 75.3 Å². The molecule has 1 N–H and O–H groups in total.